The highest BCUT2D eigenvalue weighted by Gasteiger charge is 2.38. The summed E-state index contributed by atoms with van der Waals surface area (Å²) in [6.45, 7) is 4.25. The summed E-state index contributed by atoms with van der Waals surface area (Å²) in [7, 11) is 0. The molecule has 2 heterocycles. The van der Waals surface area contributed by atoms with Gasteiger partial charge >= 0.3 is 0 Å². The fraction of sp³-hybridized carbons (Fsp3) is 0.524. The van der Waals surface area contributed by atoms with Gasteiger partial charge in [0.15, 0.2) is 5.66 Å². The van der Waals surface area contributed by atoms with Crippen LogP contribution in [0.3, 0.4) is 0 Å². The average molecular weight is 382 g/mol. The fourth-order valence-electron chi connectivity index (χ4n) is 3.34. The normalized spacial score (nSPS) is 19.7. The molecule has 2 aliphatic heterocycles. The molecule has 2 aliphatic rings. The molecule has 0 aliphatic carbocycles. The fourth-order valence-corrected chi connectivity index (χ4v) is 3.34. The zero-order valence-corrected chi connectivity index (χ0v) is 16.2. The summed E-state index contributed by atoms with van der Waals surface area (Å²) in [6.07, 6.45) is 8.12. The largest absolute Gasteiger partial charge is 0.377 e. The molecule has 0 radical (unpaired) electrons. The van der Waals surface area contributed by atoms with E-state index in [1.54, 1.807) is 24.3 Å². The van der Waals surface area contributed by atoms with Gasteiger partial charge < -0.3 is 15.0 Å². The van der Waals surface area contributed by atoms with Crippen LogP contribution in [0.1, 0.15) is 53.3 Å². The molecule has 0 spiro atoms. The Morgan fingerprint density at radius 3 is 2.64 bits per heavy atom. The number of carbonyl (C=O) groups excluding carboxylic acids is 2. The van der Waals surface area contributed by atoms with E-state index in [9.17, 15) is 9.59 Å². The molecule has 1 atom stereocenters. The molecule has 148 valence electrons. The van der Waals surface area contributed by atoms with E-state index >= 15 is 0 Å². The molecule has 0 bridgehead atoms. The van der Waals surface area contributed by atoms with Crippen LogP contribution in [0.2, 0.25) is 0 Å². The van der Waals surface area contributed by atoms with Crippen molar-refractivity contribution < 1.29 is 14.3 Å². The van der Waals surface area contributed by atoms with Crippen LogP contribution in [0, 0.1) is 12.3 Å². The first-order chi connectivity index (χ1) is 13.6. The maximum atomic E-state index is 12.8. The lowest BCUT2D eigenvalue weighted by Crippen LogP contribution is -2.48. The Morgan fingerprint density at radius 1 is 1.29 bits per heavy atom. The number of carbonyl (C=O) groups is 2. The van der Waals surface area contributed by atoms with E-state index in [0.29, 0.717) is 50.3 Å². The van der Waals surface area contributed by atoms with Gasteiger partial charge in [0.2, 0.25) is 0 Å². The highest BCUT2D eigenvalue weighted by atomic mass is 16.5. The molecule has 1 fully saturated rings. The lowest BCUT2D eigenvalue weighted by molar-refractivity contribution is -0.00280. The second-order valence-electron chi connectivity index (χ2n) is 7.11. The Kier molecular flexibility index (Phi) is 6.42. The maximum absolute atomic E-state index is 12.8. The Bertz CT molecular complexity index is 776. The van der Waals surface area contributed by atoms with Crippen LogP contribution < -0.4 is 5.32 Å². The highest BCUT2D eigenvalue weighted by molar-refractivity contribution is 5.98. The molecule has 1 saturated heterocycles. The van der Waals surface area contributed by atoms with Gasteiger partial charge in [-0.15, -0.1) is 12.3 Å². The van der Waals surface area contributed by atoms with Gasteiger partial charge in [-0.1, -0.05) is 6.92 Å². The molecular weight excluding hydrogens is 356 g/mol. The minimum Gasteiger partial charge on any atom is -0.377 e. The van der Waals surface area contributed by atoms with Crippen LogP contribution in [0.25, 0.3) is 0 Å². The van der Waals surface area contributed by atoms with Crippen molar-refractivity contribution in [3.63, 3.8) is 0 Å². The first-order valence-corrected chi connectivity index (χ1v) is 9.73. The second kappa shape index (κ2) is 8.98. The number of nitrogens with zero attached hydrogens (tertiary/aromatic N) is 3. The number of rotatable bonds is 8. The summed E-state index contributed by atoms with van der Waals surface area (Å²) < 4.78 is 5.46. The van der Waals surface area contributed by atoms with Crippen molar-refractivity contribution in [3.05, 3.63) is 35.4 Å². The Hall–Kier alpha value is -2.72. The van der Waals surface area contributed by atoms with Crippen molar-refractivity contribution in [2.75, 3.05) is 26.3 Å². The van der Waals surface area contributed by atoms with Crippen molar-refractivity contribution in [3.8, 4) is 12.3 Å². The molecule has 2 amide bonds. The quantitative estimate of drug-likeness (QED) is 0.702. The van der Waals surface area contributed by atoms with Gasteiger partial charge in [-0.05, 0) is 30.7 Å². The number of benzene rings is 1. The van der Waals surface area contributed by atoms with Gasteiger partial charge in [0, 0.05) is 43.5 Å². The summed E-state index contributed by atoms with van der Waals surface area (Å²) in [4.78, 5) is 26.9. The minimum absolute atomic E-state index is 0.0190. The topological polar surface area (TPSA) is 83.4 Å². The summed E-state index contributed by atoms with van der Waals surface area (Å²) in [6, 6.07) is 6.89. The molecular formula is C21H26N4O3. The number of ether oxygens (including phenoxy) is 1. The van der Waals surface area contributed by atoms with Crippen LogP contribution in [0.4, 0.5) is 0 Å². The molecule has 0 aromatic heterocycles. The van der Waals surface area contributed by atoms with E-state index in [1.165, 1.54) is 0 Å². The lowest BCUT2D eigenvalue weighted by Gasteiger charge is -2.35. The predicted molar refractivity (Wildman–Crippen MR) is 105 cm³/mol. The first-order valence-electron chi connectivity index (χ1n) is 9.73. The molecule has 1 unspecified atom stereocenters. The first kappa shape index (κ1) is 20.0. The van der Waals surface area contributed by atoms with E-state index in [0.717, 1.165) is 12.8 Å². The third kappa shape index (κ3) is 4.76. The number of hydrogen-bond donors (Lipinski definition) is 1. The lowest BCUT2D eigenvalue weighted by atomic mass is 10.0. The molecule has 1 aromatic carbocycles. The van der Waals surface area contributed by atoms with E-state index < -0.39 is 5.66 Å². The van der Waals surface area contributed by atoms with Gasteiger partial charge in [0.1, 0.15) is 0 Å². The molecule has 0 saturated carbocycles. The van der Waals surface area contributed by atoms with Crippen molar-refractivity contribution in [2.24, 2.45) is 10.2 Å². The monoisotopic (exact) mass is 382 g/mol. The molecule has 3 rings (SSSR count). The second-order valence-corrected chi connectivity index (χ2v) is 7.11. The van der Waals surface area contributed by atoms with E-state index in [1.807, 2.05) is 11.8 Å². The minimum atomic E-state index is -0.399. The smallest absolute Gasteiger partial charge is 0.254 e. The number of nitrogens with one attached hydrogen (secondary N) is 1. The van der Waals surface area contributed by atoms with E-state index in [2.05, 4.69) is 21.5 Å². The molecule has 7 nitrogen and oxygen atoms in total. The van der Waals surface area contributed by atoms with Crippen molar-refractivity contribution in [1.29, 1.82) is 0 Å². The van der Waals surface area contributed by atoms with Crippen LogP contribution in [0.15, 0.2) is 34.5 Å². The number of hydrogen-bond acceptors (Lipinski definition) is 5. The maximum Gasteiger partial charge on any atom is 0.254 e. The average Bonchev–Trinajstić information content (AvgIpc) is 3.51. The van der Waals surface area contributed by atoms with E-state index in [4.69, 9.17) is 11.2 Å². The Morgan fingerprint density at radius 2 is 2.00 bits per heavy atom. The summed E-state index contributed by atoms with van der Waals surface area (Å²) in [5, 5.41) is 11.0. The van der Waals surface area contributed by atoms with Crippen LogP contribution in [-0.4, -0.2) is 54.7 Å². The van der Waals surface area contributed by atoms with E-state index in [-0.39, 0.29) is 17.9 Å². The Balaban J connectivity index is 1.51. The van der Waals surface area contributed by atoms with Gasteiger partial charge in [-0.3, -0.25) is 9.59 Å². The van der Waals surface area contributed by atoms with Crippen LogP contribution in [-0.2, 0) is 4.74 Å². The van der Waals surface area contributed by atoms with Crippen molar-refractivity contribution in [1.82, 2.24) is 10.2 Å². The summed E-state index contributed by atoms with van der Waals surface area (Å²) in [5.74, 6) is 2.39. The zero-order valence-electron chi connectivity index (χ0n) is 16.2. The SMILES string of the molecule is C#CCCC1(CCNC(=O)c2ccc(C(=O)N3CCOCC3CC)cc2)N=N1. The summed E-state index contributed by atoms with van der Waals surface area (Å²) >= 11 is 0. The highest BCUT2D eigenvalue weighted by Crippen LogP contribution is 2.36. The number of terminal acetylenes is 1. The van der Waals surface area contributed by atoms with Crippen LogP contribution >= 0.6 is 0 Å². The number of amides is 2. The third-order valence-corrected chi connectivity index (χ3v) is 5.22. The molecule has 1 N–H and O–H groups in total. The van der Waals surface area contributed by atoms with Gasteiger partial charge in [0.25, 0.3) is 11.8 Å². The molecule has 7 heteroatoms. The number of morpholine rings is 1. The zero-order chi connectivity index (χ0) is 20.0. The third-order valence-electron chi connectivity index (χ3n) is 5.22. The van der Waals surface area contributed by atoms with Crippen LogP contribution in [0.5, 0.6) is 0 Å². The van der Waals surface area contributed by atoms with Gasteiger partial charge in [0.05, 0.1) is 19.3 Å². The molecule has 28 heavy (non-hydrogen) atoms. The van der Waals surface area contributed by atoms with Gasteiger partial charge in [-0.25, -0.2) is 0 Å². The van der Waals surface area contributed by atoms with Gasteiger partial charge in [-0.2, -0.15) is 10.2 Å². The Labute approximate surface area is 165 Å². The standard InChI is InChI=1S/C21H26N4O3/c1-3-5-10-21(23-24-21)11-12-22-19(26)16-6-8-17(9-7-16)20(27)25-13-14-28-15-18(25)4-2/h1,6-9,18H,4-5,10-15H2,2H3,(H,22,26). The van der Waals surface area contributed by atoms with Crippen molar-refractivity contribution >= 4 is 11.8 Å². The molecule has 1 aromatic rings. The van der Waals surface area contributed by atoms with Crippen molar-refractivity contribution in [2.45, 2.75) is 44.3 Å². The summed E-state index contributed by atoms with van der Waals surface area (Å²) in [5.41, 5.74) is 0.706. The predicted octanol–water partition coefficient (Wildman–Crippen LogP) is 2.63.